The summed E-state index contributed by atoms with van der Waals surface area (Å²) in [6, 6.07) is 126. The van der Waals surface area contributed by atoms with Gasteiger partial charge in [0, 0.05) is 76.8 Å². The molecule has 0 amide bonds. The van der Waals surface area contributed by atoms with Crippen molar-refractivity contribution in [3.63, 3.8) is 0 Å². The van der Waals surface area contributed by atoms with Gasteiger partial charge in [-0.15, -0.1) is 0 Å². The van der Waals surface area contributed by atoms with E-state index in [1.54, 1.807) is 0 Å². The average Bonchev–Trinajstić information content (AvgIpc) is 1.08. The van der Waals surface area contributed by atoms with E-state index >= 15 is 0 Å². The lowest BCUT2D eigenvalue weighted by atomic mass is 9.96. The van der Waals surface area contributed by atoms with Gasteiger partial charge in [0.05, 0.1) is 26.1 Å². The van der Waals surface area contributed by atoms with Crippen LogP contribution in [-0.4, -0.2) is 44.9 Å². The third-order valence-corrected chi connectivity index (χ3v) is 25.1. The SMILES string of the molecule is [2H]c1c([2H])c([2H])c(-c2nc(-c3cc(-c4ccccc4)cc(-c4ccccc4)c3)nc(-c3ccc4c(c3)oc3cc5ccccc5cc34)n2)c([2H])c1[2H].[2H]c1c([2H])c([2H])c(-c2nc(-c3cc(-c4ccccc4)cc(-c4ccccc4)c3)nc(-c3ccc4oc5cc6ccccc6cc5c4c3)n2)c([2H])c1[2H].[2H]c1c([2H])c([2H])c(-c2nc(-c3cc(-c4ccccc4)cc(-c4ccccc4)c3)nc(-c3cccc4c3oc3cc5ccccc5cc34)n2)c([2H])c1[2H]. The van der Waals surface area contributed by atoms with Gasteiger partial charge in [0.2, 0.25) is 0 Å². The predicted octanol–water partition coefficient (Wildman–Crippen LogP) is 33.8. The van der Waals surface area contributed by atoms with Gasteiger partial charge in [0.1, 0.15) is 33.5 Å². The molecule has 27 aromatic rings. The highest BCUT2D eigenvalue weighted by Gasteiger charge is 2.24. The molecule has 27 rings (SSSR count). The molecule has 0 aliphatic heterocycles. The van der Waals surface area contributed by atoms with Gasteiger partial charge in [-0.05, 0) is 226 Å². The molecule has 0 atom stereocenters. The summed E-state index contributed by atoms with van der Waals surface area (Å²) in [5, 5.41) is 12.0. The Balaban J connectivity index is 0.000000120. The zero-order chi connectivity index (χ0) is 107. The van der Waals surface area contributed by atoms with Crippen LogP contribution in [0.25, 0.3) is 267 Å². The molecule has 0 bridgehead atoms. The van der Waals surface area contributed by atoms with Crippen molar-refractivity contribution < 1.29 is 33.8 Å². The lowest BCUT2D eigenvalue weighted by molar-refractivity contribution is 0.669. The normalized spacial score (nSPS) is 12.9. The van der Waals surface area contributed by atoms with Crippen molar-refractivity contribution in [2.24, 2.45) is 0 Å². The van der Waals surface area contributed by atoms with Crippen molar-refractivity contribution in [1.82, 2.24) is 44.9 Å². The van der Waals surface area contributed by atoms with Crippen LogP contribution in [0.5, 0.6) is 0 Å². The van der Waals surface area contributed by atoms with Crippen LogP contribution in [0.2, 0.25) is 0 Å². The second-order valence-corrected chi connectivity index (χ2v) is 34.0. The third-order valence-electron chi connectivity index (χ3n) is 25.1. The number of fused-ring (bicyclic) bond motifs is 12. The molecular weight excluding hydrogens is 1720 g/mol. The Hall–Kier alpha value is -19.2. The number of rotatable bonds is 15. The molecule has 21 aromatic carbocycles. The molecule has 12 nitrogen and oxygen atoms in total. The molecule has 0 spiro atoms. The Morgan fingerprint density at radius 1 is 0.142 bits per heavy atom. The number of para-hydroxylation sites is 1. The summed E-state index contributed by atoms with van der Waals surface area (Å²) in [4.78, 5) is 43.9. The van der Waals surface area contributed by atoms with Crippen LogP contribution in [0, 0.1) is 0 Å². The monoisotopic (exact) mass is 1820 g/mol. The number of nitrogens with zero attached hydrogens (tertiary/aromatic N) is 9. The van der Waals surface area contributed by atoms with E-state index in [0.29, 0.717) is 61.5 Å². The van der Waals surface area contributed by atoms with E-state index in [9.17, 15) is 0 Å². The first-order chi connectivity index (χ1) is 76.0. The molecule has 141 heavy (non-hydrogen) atoms. The maximum Gasteiger partial charge on any atom is 0.167 e. The van der Waals surface area contributed by atoms with E-state index < -0.39 is 78.6 Å². The minimum Gasteiger partial charge on any atom is -0.456 e. The van der Waals surface area contributed by atoms with Gasteiger partial charge >= 0.3 is 0 Å². The van der Waals surface area contributed by atoms with Crippen LogP contribution in [0.15, 0.2) is 504 Å². The highest BCUT2D eigenvalue weighted by atomic mass is 16.3. The summed E-state index contributed by atoms with van der Waals surface area (Å²) in [5.74, 6) is 1.57. The summed E-state index contributed by atoms with van der Waals surface area (Å²) in [7, 11) is 0. The molecule has 660 valence electrons. The van der Waals surface area contributed by atoms with E-state index in [1.165, 1.54) is 0 Å². The number of benzene rings is 21. The van der Waals surface area contributed by atoms with Crippen molar-refractivity contribution in [2.75, 3.05) is 0 Å². The second kappa shape index (κ2) is 36.6. The second-order valence-electron chi connectivity index (χ2n) is 34.0. The maximum absolute atomic E-state index is 8.80. The average molecular weight is 1820 g/mol. The zero-order valence-corrected chi connectivity index (χ0v) is 74.9. The predicted molar refractivity (Wildman–Crippen MR) is 575 cm³/mol. The van der Waals surface area contributed by atoms with Crippen molar-refractivity contribution in [1.29, 1.82) is 0 Å². The molecule has 0 aliphatic rings. The molecule has 12 heteroatoms. The van der Waals surface area contributed by atoms with Crippen molar-refractivity contribution >= 4 is 98.1 Å². The molecule has 0 radical (unpaired) electrons. The quantitative estimate of drug-likeness (QED) is 0.0959. The van der Waals surface area contributed by atoms with Crippen LogP contribution < -0.4 is 0 Å². The Kier molecular flexibility index (Phi) is 17.8. The minimum atomic E-state index is -0.490. The van der Waals surface area contributed by atoms with E-state index in [0.717, 1.165) is 143 Å². The molecule has 0 unspecified atom stereocenters. The number of hydrogen-bond donors (Lipinski definition) is 0. The van der Waals surface area contributed by atoms with Gasteiger partial charge < -0.3 is 13.3 Å². The van der Waals surface area contributed by atoms with E-state index in [2.05, 4.69) is 66.7 Å². The van der Waals surface area contributed by atoms with Crippen molar-refractivity contribution in [3.8, 4) is 169 Å². The fraction of sp³-hybridized carbons (Fsp3) is 0. The fourth-order valence-corrected chi connectivity index (χ4v) is 18.2. The Bertz CT molecular complexity index is 10100. The van der Waals surface area contributed by atoms with Gasteiger partial charge in [0.25, 0.3) is 0 Å². The summed E-state index contributed by atoms with van der Waals surface area (Å²) < 4.78 is 147. The summed E-state index contributed by atoms with van der Waals surface area (Å²) in [6.07, 6.45) is 0. The molecule has 0 fully saturated rings. The number of hydrogen-bond acceptors (Lipinski definition) is 12. The van der Waals surface area contributed by atoms with Gasteiger partial charge in [-0.3, -0.25) is 0 Å². The Labute approximate surface area is 832 Å². The highest BCUT2D eigenvalue weighted by Crippen LogP contribution is 2.44. The number of aromatic nitrogens is 9. The summed E-state index contributed by atoms with van der Waals surface area (Å²) >= 11 is 0. The fourth-order valence-electron chi connectivity index (χ4n) is 18.2. The third kappa shape index (κ3) is 16.9. The Morgan fingerprint density at radius 3 is 0.752 bits per heavy atom. The largest absolute Gasteiger partial charge is 0.456 e. The Morgan fingerprint density at radius 2 is 0.397 bits per heavy atom. The molecule has 0 N–H and O–H groups in total. The van der Waals surface area contributed by atoms with Gasteiger partial charge in [-0.2, -0.15) is 0 Å². The van der Waals surface area contributed by atoms with Crippen LogP contribution in [0.3, 0.4) is 0 Å². The number of furan rings is 3. The maximum atomic E-state index is 8.80. The molecule has 6 heterocycles. The van der Waals surface area contributed by atoms with E-state index in [-0.39, 0.29) is 75.4 Å². The zero-order valence-electron chi connectivity index (χ0n) is 89.9. The molecule has 0 aliphatic carbocycles. The van der Waals surface area contributed by atoms with Crippen LogP contribution in [0.1, 0.15) is 20.6 Å². The minimum absolute atomic E-state index is 0.0217. The van der Waals surface area contributed by atoms with E-state index in [4.69, 9.17) is 78.7 Å². The van der Waals surface area contributed by atoms with Gasteiger partial charge in [-0.25, -0.2) is 44.9 Å². The van der Waals surface area contributed by atoms with E-state index in [1.807, 2.05) is 334 Å². The topological polar surface area (TPSA) is 155 Å². The first-order valence-electron chi connectivity index (χ1n) is 53.3. The molecule has 0 saturated heterocycles. The van der Waals surface area contributed by atoms with Crippen molar-refractivity contribution in [3.05, 3.63) is 491 Å². The van der Waals surface area contributed by atoms with Crippen LogP contribution in [-0.2, 0) is 0 Å². The molecule has 0 saturated carbocycles. The molecular formula is C129H81N9O3. The summed E-state index contributed by atoms with van der Waals surface area (Å²) in [5.41, 5.74) is 19.4. The van der Waals surface area contributed by atoms with Crippen LogP contribution >= 0.6 is 0 Å². The first-order valence-corrected chi connectivity index (χ1v) is 45.8. The standard InChI is InChI=1S/3C43H27N3O/c1-4-13-28(14-5-1)33-23-34(29-15-6-2-7-16-29)25-35(24-33)42-44-41(30-17-8-3-9-18-30)45-43(46-42)37-22-12-21-36-38-26-31-19-10-11-20-32(31)27-39(38)47-40(36)37;1-4-12-28(13-5-1)34-22-35(29-14-6-2-7-15-29)24-36(23-34)43-45-41(30-16-8-3-9-17-30)44-42(46-43)33-20-21-39-37(26-33)38-25-31-18-10-11-19-32(31)27-40(38)47-39;1-4-12-28(13-5-1)34-22-35(29-14-6-2-7-15-29)24-36(23-34)43-45-41(30-16-8-3-9-17-30)44-42(46-43)33-20-21-37-38-25-31-18-10-11-19-32(31)26-40(38)47-39(37)27-33/h3*1-27H/i3D,8D,9D,17D,18D;2*3D,8D,9D,16D,17D. The summed E-state index contributed by atoms with van der Waals surface area (Å²) in [6.45, 7) is 0. The van der Waals surface area contributed by atoms with Crippen molar-refractivity contribution in [2.45, 2.75) is 0 Å². The lowest BCUT2D eigenvalue weighted by Gasteiger charge is -2.12. The van der Waals surface area contributed by atoms with Gasteiger partial charge in [-0.1, -0.05) is 364 Å². The molecule has 6 aromatic heterocycles. The van der Waals surface area contributed by atoms with Gasteiger partial charge in [0.15, 0.2) is 52.4 Å². The smallest absolute Gasteiger partial charge is 0.167 e. The van der Waals surface area contributed by atoms with Crippen LogP contribution in [0.4, 0.5) is 0 Å². The highest BCUT2D eigenvalue weighted by molar-refractivity contribution is 6.15. The first kappa shape index (κ1) is 68.8. The lowest BCUT2D eigenvalue weighted by Crippen LogP contribution is -2.00.